The average Bonchev–Trinajstić information content (AvgIpc) is 3.37. The first kappa shape index (κ1) is 18.4. The van der Waals surface area contributed by atoms with Crippen LogP contribution in [0.1, 0.15) is 12.8 Å². The molecule has 1 aliphatic carbocycles. The summed E-state index contributed by atoms with van der Waals surface area (Å²) >= 11 is 11.8. The van der Waals surface area contributed by atoms with E-state index in [0.29, 0.717) is 0 Å². The lowest BCUT2D eigenvalue weighted by molar-refractivity contribution is -0.146. The van der Waals surface area contributed by atoms with Gasteiger partial charge in [0.1, 0.15) is 0 Å². The topological polar surface area (TPSA) is 86.8 Å². The molecule has 10 heteroatoms. The fourth-order valence-corrected chi connectivity index (χ4v) is 4.73. The van der Waals surface area contributed by atoms with Crippen molar-refractivity contribution in [3.05, 3.63) is 28.2 Å². The van der Waals surface area contributed by atoms with Crippen LogP contribution in [-0.4, -0.2) is 61.7 Å². The minimum atomic E-state index is -3.76. The van der Waals surface area contributed by atoms with Gasteiger partial charge in [0.05, 0.1) is 4.90 Å². The number of piperazine rings is 1. The molecular weight excluding hydrogens is 389 g/mol. The zero-order chi connectivity index (χ0) is 18.2. The van der Waals surface area contributed by atoms with Gasteiger partial charge in [-0.05, 0) is 31.0 Å². The summed E-state index contributed by atoms with van der Waals surface area (Å²) in [6.45, 7) is 0.527. The maximum Gasteiger partial charge on any atom is 0.311 e. The van der Waals surface area contributed by atoms with Gasteiger partial charge in [-0.1, -0.05) is 23.2 Å². The Bertz CT molecular complexity index is 783. The Balaban J connectivity index is 1.64. The quantitative estimate of drug-likeness (QED) is 0.762. The Morgan fingerprint density at radius 3 is 2.08 bits per heavy atom. The second-order valence-corrected chi connectivity index (χ2v) is 8.86. The van der Waals surface area contributed by atoms with Gasteiger partial charge in [-0.15, -0.1) is 0 Å². The fourth-order valence-electron chi connectivity index (χ4n) is 2.58. The molecule has 1 N–H and O–H groups in total. The van der Waals surface area contributed by atoms with Gasteiger partial charge in [-0.2, -0.15) is 4.31 Å². The highest BCUT2D eigenvalue weighted by Crippen LogP contribution is 2.25. The van der Waals surface area contributed by atoms with Crippen LogP contribution in [0.3, 0.4) is 0 Å². The lowest BCUT2D eigenvalue weighted by atomic mass is 10.3. The van der Waals surface area contributed by atoms with Gasteiger partial charge in [0.15, 0.2) is 0 Å². The van der Waals surface area contributed by atoms with Crippen molar-refractivity contribution in [3.63, 3.8) is 0 Å². The second kappa shape index (κ2) is 7.11. The molecule has 1 heterocycles. The van der Waals surface area contributed by atoms with E-state index in [4.69, 9.17) is 23.2 Å². The highest BCUT2D eigenvalue weighted by Gasteiger charge is 2.34. The Hall–Kier alpha value is -1.35. The summed E-state index contributed by atoms with van der Waals surface area (Å²) in [4.78, 5) is 25.3. The molecule has 2 fully saturated rings. The van der Waals surface area contributed by atoms with Gasteiger partial charge in [0, 0.05) is 42.3 Å². The van der Waals surface area contributed by atoms with E-state index in [1.165, 1.54) is 27.4 Å². The van der Waals surface area contributed by atoms with E-state index in [9.17, 15) is 18.0 Å². The van der Waals surface area contributed by atoms with Crippen molar-refractivity contribution in [2.45, 2.75) is 23.8 Å². The summed E-state index contributed by atoms with van der Waals surface area (Å²) in [5.41, 5.74) is 0. The summed E-state index contributed by atoms with van der Waals surface area (Å²) < 4.78 is 26.6. The van der Waals surface area contributed by atoms with E-state index >= 15 is 0 Å². The number of hydrogen-bond donors (Lipinski definition) is 1. The zero-order valence-corrected chi connectivity index (χ0v) is 15.6. The van der Waals surface area contributed by atoms with E-state index < -0.39 is 21.8 Å². The number of nitrogens with zero attached hydrogens (tertiary/aromatic N) is 2. The molecule has 0 radical (unpaired) electrons. The molecule has 7 nitrogen and oxygen atoms in total. The summed E-state index contributed by atoms with van der Waals surface area (Å²) in [5.74, 6) is -1.24. The number of sulfonamides is 1. The first-order valence-electron chi connectivity index (χ1n) is 7.83. The predicted octanol–water partition coefficient (Wildman–Crippen LogP) is 1.10. The van der Waals surface area contributed by atoms with Gasteiger partial charge in [0.2, 0.25) is 10.0 Å². The van der Waals surface area contributed by atoms with Gasteiger partial charge in [-0.25, -0.2) is 8.42 Å². The van der Waals surface area contributed by atoms with E-state index in [1.54, 1.807) is 0 Å². The number of carbonyl (C=O) groups is 2. The summed E-state index contributed by atoms with van der Waals surface area (Å²) in [6.07, 6.45) is 1.79. The van der Waals surface area contributed by atoms with Crippen molar-refractivity contribution in [2.75, 3.05) is 26.2 Å². The van der Waals surface area contributed by atoms with Crippen molar-refractivity contribution in [1.29, 1.82) is 0 Å². The minimum Gasteiger partial charge on any atom is -0.345 e. The third-order valence-electron chi connectivity index (χ3n) is 4.11. The molecule has 1 aliphatic heterocycles. The molecule has 25 heavy (non-hydrogen) atoms. The molecule has 0 atom stereocenters. The van der Waals surface area contributed by atoms with Crippen molar-refractivity contribution in [3.8, 4) is 0 Å². The van der Waals surface area contributed by atoms with Crippen molar-refractivity contribution in [1.82, 2.24) is 14.5 Å². The standard InChI is InChI=1S/C15H17Cl2N3O4S/c16-10-7-11(17)9-13(8-10)25(23,24)20-5-3-19(4-6-20)15(22)14(21)18-12-1-2-12/h7-9,12H,1-6H2,(H,18,21). The Kier molecular flexibility index (Phi) is 5.24. The molecule has 0 unspecified atom stereocenters. The van der Waals surface area contributed by atoms with Crippen LogP contribution in [-0.2, 0) is 19.6 Å². The fraction of sp³-hybridized carbons (Fsp3) is 0.467. The van der Waals surface area contributed by atoms with Crippen LogP contribution in [0.4, 0.5) is 0 Å². The van der Waals surface area contributed by atoms with Gasteiger partial charge >= 0.3 is 11.8 Å². The first-order chi connectivity index (χ1) is 11.8. The van der Waals surface area contributed by atoms with Crippen LogP contribution in [0, 0.1) is 0 Å². The van der Waals surface area contributed by atoms with E-state index in [2.05, 4.69) is 5.32 Å². The number of hydrogen-bond acceptors (Lipinski definition) is 4. The summed E-state index contributed by atoms with van der Waals surface area (Å²) in [6, 6.07) is 4.23. The zero-order valence-electron chi connectivity index (χ0n) is 13.2. The molecule has 1 saturated heterocycles. The van der Waals surface area contributed by atoms with Crippen LogP contribution in [0.5, 0.6) is 0 Å². The number of benzene rings is 1. The first-order valence-corrected chi connectivity index (χ1v) is 10.0. The molecule has 0 bridgehead atoms. The number of nitrogens with one attached hydrogen (secondary N) is 1. The molecule has 1 aromatic rings. The molecular formula is C15H17Cl2N3O4S. The lowest BCUT2D eigenvalue weighted by Crippen LogP contribution is -2.53. The number of carbonyl (C=O) groups excluding carboxylic acids is 2. The van der Waals surface area contributed by atoms with Crippen LogP contribution < -0.4 is 5.32 Å². The monoisotopic (exact) mass is 405 g/mol. The molecule has 2 aliphatic rings. The Labute approximate surface area is 155 Å². The predicted molar refractivity (Wildman–Crippen MR) is 93.0 cm³/mol. The highest BCUT2D eigenvalue weighted by atomic mass is 35.5. The summed E-state index contributed by atoms with van der Waals surface area (Å²) in [7, 11) is -3.76. The normalized spacial score (nSPS) is 18.9. The minimum absolute atomic E-state index is 0.0104. The van der Waals surface area contributed by atoms with E-state index in [-0.39, 0.29) is 47.2 Å². The van der Waals surface area contributed by atoms with Gasteiger partial charge < -0.3 is 10.2 Å². The lowest BCUT2D eigenvalue weighted by Gasteiger charge is -2.33. The third kappa shape index (κ3) is 4.25. The highest BCUT2D eigenvalue weighted by molar-refractivity contribution is 7.89. The van der Waals surface area contributed by atoms with Crippen LogP contribution in [0.2, 0.25) is 10.0 Å². The molecule has 1 saturated carbocycles. The maximum atomic E-state index is 12.7. The van der Waals surface area contributed by atoms with Crippen LogP contribution >= 0.6 is 23.2 Å². The number of amides is 2. The van der Waals surface area contributed by atoms with Gasteiger partial charge in [0.25, 0.3) is 0 Å². The van der Waals surface area contributed by atoms with Crippen LogP contribution in [0.25, 0.3) is 0 Å². The molecule has 3 rings (SSSR count). The Morgan fingerprint density at radius 1 is 1.00 bits per heavy atom. The van der Waals surface area contributed by atoms with E-state index in [1.807, 2.05) is 0 Å². The van der Waals surface area contributed by atoms with Crippen LogP contribution in [0.15, 0.2) is 23.1 Å². The molecule has 2 amide bonds. The van der Waals surface area contributed by atoms with Crippen molar-refractivity contribution >= 4 is 45.0 Å². The number of rotatable bonds is 3. The van der Waals surface area contributed by atoms with Crippen molar-refractivity contribution < 1.29 is 18.0 Å². The SMILES string of the molecule is O=C(NC1CC1)C(=O)N1CCN(S(=O)(=O)c2cc(Cl)cc(Cl)c2)CC1. The molecule has 0 aromatic heterocycles. The summed E-state index contributed by atoms with van der Waals surface area (Å²) in [5, 5.41) is 3.11. The molecule has 0 spiro atoms. The van der Waals surface area contributed by atoms with Crippen molar-refractivity contribution in [2.24, 2.45) is 0 Å². The Morgan fingerprint density at radius 2 is 1.56 bits per heavy atom. The number of halogens is 2. The smallest absolute Gasteiger partial charge is 0.311 e. The third-order valence-corrected chi connectivity index (χ3v) is 6.42. The van der Waals surface area contributed by atoms with E-state index in [0.717, 1.165) is 12.8 Å². The largest absolute Gasteiger partial charge is 0.345 e. The molecule has 136 valence electrons. The average molecular weight is 406 g/mol. The maximum absolute atomic E-state index is 12.7. The van der Waals surface area contributed by atoms with Gasteiger partial charge in [-0.3, -0.25) is 9.59 Å². The second-order valence-electron chi connectivity index (χ2n) is 6.05. The molecule has 1 aromatic carbocycles.